The van der Waals surface area contributed by atoms with E-state index in [0.29, 0.717) is 12.6 Å². The van der Waals surface area contributed by atoms with Crippen LogP contribution in [0.4, 0.5) is 5.13 Å². The Balaban J connectivity index is 2.45. The summed E-state index contributed by atoms with van der Waals surface area (Å²) in [6.07, 6.45) is 2.33. The van der Waals surface area contributed by atoms with Gasteiger partial charge in [-0.25, -0.2) is 4.98 Å². The van der Waals surface area contributed by atoms with Crippen molar-refractivity contribution in [2.24, 2.45) is 0 Å². The molecule has 1 heterocycles. The van der Waals surface area contributed by atoms with Gasteiger partial charge in [0.2, 0.25) is 0 Å². The largest absolute Gasteiger partial charge is 0.466 e. The van der Waals surface area contributed by atoms with Gasteiger partial charge < -0.3 is 10.1 Å². The number of esters is 1. The lowest BCUT2D eigenvalue weighted by Crippen LogP contribution is -2.17. The fourth-order valence-electron chi connectivity index (χ4n) is 1.32. The number of thioether (sulfide) groups is 1. The van der Waals surface area contributed by atoms with Crippen LogP contribution in [0.5, 0.6) is 0 Å². The van der Waals surface area contributed by atoms with Gasteiger partial charge in [0.25, 0.3) is 0 Å². The first-order valence-corrected chi connectivity index (χ1v) is 7.78. The number of nitrogens with zero attached hydrogens (tertiary/aromatic N) is 1. The molecule has 0 bridgehead atoms. The normalized spacial score (nSPS) is 12.2. The summed E-state index contributed by atoms with van der Waals surface area (Å²) in [7, 11) is 0. The minimum absolute atomic E-state index is 0.221. The van der Waals surface area contributed by atoms with Crippen molar-refractivity contribution >= 4 is 34.2 Å². The molecule has 0 saturated heterocycles. The van der Waals surface area contributed by atoms with Crippen LogP contribution in [0, 0.1) is 0 Å². The van der Waals surface area contributed by atoms with Gasteiger partial charge in [0.05, 0.1) is 18.7 Å². The number of ether oxygens (including phenoxy) is 1. The van der Waals surface area contributed by atoms with Crippen LogP contribution in [0.2, 0.25) is 0 Å². The van der Waals surface area contributed by atoms with Gasteiger partial charge in [-0.1, -0.05) is 0 Å². The van der Waals surface area contributed by atoms with Gasteiger partial charge in [-0.05, 0) is 20.1 Å². The second-order valence-electron chi connectivity index (χ2n) is 3.63. The highest BCUT2D eigenvalue weighted by Crippen LogP contribution is 2.17. The van der Waals surface area contributed by atoms with E-state index in [2.05, 4.69) is 23.5 Å². The zero-order chi connectivity index (χ0) is 12.7. The maximum absolute atomic E-state index is 11.3. The van der Waals surface area contributed by atoms with Crippen LogP contribution < -0.4 is 5.32 Å². The van der Waals surface area contributed by atoms with Gasteiger partial charge in [0.1, 0.15) is 0 Å². The average Bonchev–Trinajstić information content (AvgIpc) is 2.66. The van der Waals surface area contributed by atoms with Crippen LogP contribution in [0.3, 0.4) is 0 Å². The number of hydrogen-bond donors (Lipinski definition) is 1. The highest BCUT2D eigenvalue weighted by Gasteiger charge is 2.09. The lowest BCUT2D eigenvalue weighted by Gasteiger charge is -2.10. The van der Waals surface area contributed by atoms with Crippen molar-refractivity contribution in [3.05, 3.63) is 11.1 Å². The van der Waals surface area contributed by atoms with Crippen molar-refractivity contribution in [2.45, 2.75) is 26.3 Å². The second kappa shape index (κ2) is 7.55. The lowest BCUT2D eigenvalue weighted by atomic mass is 10.3. The zero-order valence-electron chi connectivity index (χ0n) is 10.4. The topological polar surface area (TPSA) is 51.2 Å². The Bertz CT molecular complexity index is 355. The number of rotatable bonds is 7. The third-order valence-electron chi connectivity index (χ3n) is 1.97. The molecule has 1 N–H and O–H groups in total. The standard InChI is InChI=1S/C11H18N2O2S2/c1-4-15-10(14)5-9-7-17-11(13-9)12-8(2)6-16-3/h7-8H,4-6H2,1-3H3,(H,12,13). The molecule has 0 saturated carbocycles. The van der Waals surface area contributed by atoms with Crippen LogP contribution in [-0.2, 0) is 16.0 Å². The van der Waals surface area contributed by atoms with E-state index in [1.54, 1.807) is 18.7 Å². The molecular weight excluding hydrogens is 256 g/mol. The van der Waals surface area contributed by atoms with E-state index in [1.807, 2.05) is 5.38 Å². The van der Waals surface area contributed by atoms with Gasteiger partial charge in [0.15, 0.2) is 5.13 Å². The molecule has 0 spiro atoms. The maximum Gasteiger partial charge on any atom is 0.311 e. The van der Waals surface area contributed by atoms with Crippen LogP contribution in [0.1, 0.15) is 19.5 Å². The molecule has 1 rings (SSSR count). The van der Waals surface area contributed by atoms with Crippen molar-refractivity contribution in [3.8, 4) is 0 Å². The summed E-state index contributed by atoms with van der Waals surface area (Å²) in [5, 5.41) is 6.06. The summed E-state index contributed by atoms with van der Waals surface area (Å²) >= 11 is 3.32. The Morgan fingerprint density at radius 3 is 3.12 bits per heavy atom. The Labute approximate surface area is 110 Å². The first-order chi connectivity index (χ1) is 8.15. The molecule has 0 aliphatic rings. The number of thiazole rings is 1. The number of carbonyl (C=O) groups excluding carboxylic acids is 1. The minimum atomic E-state index is -0.221. The Morgan fingerprint density at radius 1 is 1.71 bits per heavy atom. The van der Waals surface area contributed by atoms with Gasteiger partial charge >= 0.3 is 5.97 Å². The van der Waals surface area contributed by atoms with Gasteiger partial charge in [-0.2, -0.15) is 11.8 Å². The quantitative estimate of drug-likeness (QED) is 0.774. The van der Waals surface area contributed by atoms with Crippen molar-refractivity contribution in [3.63, 3.8) is 0 Å². The molecule has 96 valence electrons. The van der Waals surface area contributed by atoms with Crippen LogP contribution in [0.25, 0.3) is 0 Å². The van der Waals surface area contributed by atoms with Crippen molar-refractivity contribution in [2.75, 3.05) is 23.9 Å². The van der Waals surface area contributed by atoms with E-state index < -0.39 is 0 Å². The van der Waals surface area contributed by atoms with Gasteiger partial charge in [-0.15, -0.1) is 11.3 Å². The van der Waals surface area contributed by atoms with E-state index in [9.17, 15) is 4.79 Å². The highest BCUT2D eigenvalue weighted by atomic mass is 32.2. The van der Waals surface area contributed by atoms with E-state index in [4.69, 9.17) is 4.74 Å². The smallest absolute Gasteiger partial charge is 0.311 e. The predicted molar refractivity (Wildman–Crippen MR) is 73.9 cm³/mol. The molecule has 0 radical (unpaired) electrons. The van der Waals surface area contributed by atoms with Gasteiger partial charge in [0, 0.05) is 17.2 Å². The van der Waals surface area contributed by atoms with Crippen LogP contribution in [-0.4, -0.2) is 35.6 Å². The Hall–Kier alpha value is -0.750. The molecule has 6 heteroatoms. The first kappa shape index (κ1) is 14.3. The number of anilines is 1. The lowest BCUT2D eigenvalue weighted by molar-refractivity contribution is -0.142. The minimum Gasteiger partial charge on any atom is -0.466 e. The van der Waals surface area contributed by atoms with Gasteiger partial charge in [-0.3, -0.25) is 4.79 Å². The van der Waals surface area contributed by atoms with E-state index >= 15 is 0 Å². The fourth-order valence-corrected chi connectivity index (χ4v) is 2.72. The highest BCUT2D eigenvalue weighted by molar-refractivity contribution is 7.98. The van der Waals surface area contributed by atoms with Crippen molar-refractivity contribution in [1.82, 2.24) is 4.98 Å². The van der Waals surface area contributed by atoms with Crippen LogP contribution >= 0.6 is 23.1 Å². The van der Waals surface area contributed by atoms with Crippen molar-refractivity contribution in [1.29, 1.82) is 0 Å². The molecule has 0 amide bonds. The maximum atomic E-state index is 11.3. The Morgan fingerprint density at radius 2 is 2.47 bits per heavy atom. The number of carbonyl (C=O) groups is 1. The number of aromatic nitrogens is 1. The Kier molecular flexibility index (Phi) is 6.36. The number of nitrogens with one attached hydrogen (secondary N) is 1. The summed E-state index contributed by atoms with van der Waals surface area (Å²) < 4.78 is 4.88. The molecule has 0 fully saturated rings. The van der Waals surface area contributed by atoms with E-state index in [-0.39, 0.29) is 12.4 Å². The van der Waals surface area contributed by atoms with E-state index in [1.165, 1.54) is 11.3 Å². The molecule has 4 nitrogen and oxygen atoms in total. The zero-order valence-corrected chi connectivity index (χ0v) is 12.0. The molecule has 1 atom stereocenters. The van der Waals surface area contributed by atoms with Crippen molar-refractivity contribution < 1.29 is 9.53 Å². The molecule has 0 aromatic carbocycles. The number of hydrogen-bond acceptors (Lipinski definition) is 6. The fraction of sp³-hybridized carbons (Fsp3) is 0.636. The van der Waals surface area contributed by atoms with Crippen LogP contribution in [0.15, 0.2) is 5.38 Å². The second-order valence-corrected chi connectivity index (χ2v) is 5.40. The molecule has 1 unspecified atom stereocenters. The summed E-state index contributed by atoms with van der Waals surface area (Å²) in [6.45, 7) is 4.33. The molecule has 1 aromatic rings. The first-order valence-electron chi connectivity index (χ1n) is 5.51. The summed E-state index contributed by atoms with van der Waals surface area (Å²) in [6, 6.07) is 0.381. The molecule has 0 aliphatic carbocycles. The monoisotopic (exact) mass is 274 g/mol. The average molecular weight is 274 g/mol. The molecule has 0 aliphatic heterocycles. The predicted octanol–water partition coefficient (Wildman–Crippen LogP) is 2.41. The molecular formula is C11H18N2O2S2. The summed E-state index contributed by atoms with van der Waals surface area (Å²) in [5.41, 5.74) is 0.771. The SMILES string of the molecule is CCOC(=O)Cc1csc(NC(C)CSC)n1. The molecule has 1 aromatic heterocycles. The summed E-state index contributed by atoms with van der Waals surface area (Å²) in [5.74, 6) is 0.814. The summed E-state index contributed by atoms with van der Waals surface area (Å²) in [4.78, 5) is 15.6. The third kappa shape index (κ3) is 5.41. The third-order valence-corrected chi connectivity index (χ3v) is 3.62. The molecule has 17 heavy (non-hydrogen) atoms. The van der Waals surface area contributed by atoms with E-state index in [0.717, 1.165) is 16.6 Å².